The Morgan fingerprint density at radius 1 is 1.64 bits per heavy atom. The van der Waals surface area contributed by atoms with Gasteiger partial charge in [-0.3, -0.25) is 5.41 Å². The Kier molecular flexibility index (Phi) is 4.07. The van der Waals surface area contributed by atoms with Crippen molar-refractivity contribution in [3.8, 4) is 0 Å². The van der Waals surface area contributed by atoms with Crippen LogP contribution in [0.25, 0.3) is 0 Å². The zero-order valence-electron chi connectivity index (χ0n) is 9.00. The third-order valence-electron chi connectivity index (χ3n) is 2.17. The number of nitrogens with zero attached hydrogens (tertiary/aromatic N) is 2. The molecule has 0 spiro atoms. The molecule has 0 aliphatic heterocycles. The van der Waals surface area contributed by atoms with Gasteiger partial charge in [-0.1, -0.05) is 6.92 Å². The smallest absolute Gasteiger partial charge is 0.0958 e. The average molecular weight is 211 g/mol. The van der Waals surface area contributed by atoms with Crippen LogP contribution in [0.15, 0.2) is 5.51 Å². The van der Waals surface area contributed by atoms with Gasteiger partial charge in [0, 0.05) is 18.3 Å². The topological polar surface area (TPSA) is 40.0 Å². The summed E-state index contributed by atoms with van der Waals surface area (Å²) in [6, 6.07) is 0. The van der Waals surface area contributed by atoms with Crippen molar-refractivity contribution in [1.82, 2.24) is 9.88 Å². The van der Waals surface area contributed by atoms with Crippen molar-refractivity contribution in [2.45, 2.75) is 33.2 Å². The summed E-state index contributed by atoms with van der Waals surface area (Å²) in [6.07, 6.45) is 1.89. The number of hydrogen-bond donors (Lipinski definition) is 1. The molecule has 4 heteroatoms. The Balaban J connectivity index is 2.52. The maximum atomic E-state index is 7.78. The van der Waals surface area contributed by atoms with E-state index in [1.54, 1.807) is 11.3 Å². The van der Waals surface area contributed by atoms with Crippen LogP contribution in [0, 0.1) is 12.3 Å². The molecular weight excluding hydrogens is 194 g/mol. The fraction of sp³-hybridized carbons (Fsp3) is 0.600. The maximum absolute atomic E-state index is 7.78. The van der Waals surface area contributed by atoms with Gasteiger partial charge in [0.1, 0.15) is 0 Å². The van der Waals surface area contributed by atoms with E-state index in [0.717, 1.165) is 25.1 Å². The second-order valence-electron chi connectivity index (χ2n) is 3.41. The largest absolute Gasteiger partial charge is 0.358 e. The van der Waals surface area contributed by atoms with Crippen LogP contribution in [0.1, 0.15) is 30.3 Å². The molecule has 0 fully saturated rings. The number of thiazole rings is 1. The van der Waals surface area contributed by atoms with E-state index < -0.39 is 0 Å². The minimum Gasteiger partial charge on any atom is -0.358 e. The minimum atomic E-state index is 0.709. The summed E-state index contributed by atoms with van der Waals surface area (Å²) in [4.78, 5) is 7.44. The first-order chi connectivity index (χ1) is 6.65. The molecule has 1 N–H and O–H groups in total. The van der Waals surface area contributed by atoms with E-state index in [2.05, 4.69) is 11.9 Å². The molecule has 0 saturated carbocycles. The third-order valence-corrected chi connectivity index (χ3v) is 3.09. The molecule has 1 rings (SSSR count). The fourth-order valence-corrected chi connectivity index (χ4v) is 2.05. The van der Waals surface area contributed by atoms with Gasteiger partial charge in [-0.2, -0.15) is 0 Å². The minimum absolute atomic E-state index is 0.709. The summed E-state index contributed by atoms with van der Waals surface area (Å²) in [5, 5.41) is 7.78. The molecule has 0 atom stereocenters. The van der Waals surface area contributed by atoms with Crippen LogP contribution >= 0.6 is 11.3 Å². The summed E-state index contributed by atoms with van der Waals surface area (Å²) in [6.45, 7) is 4.93. The highest BCUT2D eigenvalue weighted by atomic mass is 32.1. The Labute approximate surface area is 89.3 Å². The fourth-order valence-electron chi connectivity index (χ4n) is 1.22. The van der Waals surface area contributed by atoms with E-state index in [1.807, 2.05) is 24.4 Å². The van der Waals surface area contributed by atoms with Crippen LogP contribution in [0.4, 0.5) is 0 Å². The number of aromatic nitrogens is 1. The van der Waals surface area contributed by atoms with Crippen molar-refractivity contribution < 1.29 is 0 Å². The number of hydrogen-bond acceptors (Lipinski definition) is 3. The molecule has 0 aliphatic carbocycles. The van der Waals surface area contributed by atoms with Crippen molar-refractivity contribution >= 4 is 17.2 Å². The van der Waals surface area contributed by atoms with Gasteiger partial charge in [0.2, 0.25) is 0 Å². The Bertz CT molecular complexity index is 306. The molecule has 0 amide bonds. The lowest BCUT2D eigenvalue weighted by atomic mass is 10.3. The second-order valence-corrected chi connectivity index (χ2v) is 4.35. The van der Waals surface area contributed by atoms with Gasteiger partial charge in [0.25, 0.3) is 0 Å². The molecule has 0 radical (unpaired) electrons. The molecule has 0 bridgehead atoms. The van der Waals surface area contributed by atoms with E-state index in [4.69, 9.17) is 5.41 Å². The molecule has 78 valence electrons. The average Bonchev–Trinajstić information content (AvgIpc) is 2.52. The first-order valence-corrected chi connectivity index (χ1v) is 5.70. The second kappa shape index (κ2) is 5.10. The molecule has 3 nitrogen and oxygen atoms in total. The molecule has 0 unspecified atom stereocenters. The SMILES string of the molecule is CCCC(=N)N(C)Cc1scnc1C. The third kappa shape index (κ3) is 2.80. The summed E-state index contributed by atoms with van der Waals surface area (Å²) >= 11 is 1.66. The lowest BCUT2D eigenvalue weighted by Gasteiger charge is -2.18. The number of rotatable bonds is 4. The molecule has 1 aromatic rings. The molecule has 1 aromatic heterocycles. The quantitative estimate of drug-likeness (QED) is 0.614. The molecule has 14 heavy (non-hydrogen) atoms. The lowest BCUT2D eigenvalue weighted by Crippen LogP contribution is -2.24. The van der Waals surface area contributed by atoms with E-state index in [1.165, 1.54) is 4.88 Å². The summed E-state index contributed by atoms with van der Waals surface area (Å²) < 4.78 is 0. The molecule has 0 aromatic carbocycles. The van der Waals surface area contributed by atoms with Gasteiger partial charge in [-0.25, -0.2) is 4.98 Å². The van der Waals surface area contributed by atoms with Gasteiger partial charge in [0.05, 0.1) is 23.6 Å². The first kappa shape index (κ1) is 11.2. The lowest BCUT2D eigenvalue weighted by molar-refractivity contribution is 0.486. The van der Waals surface area contributed by atoms with Crippen molar-refractivity contribution in [1.29, 1.82) is 5.41 Å². The van der Waals surface area contributed by atoms with Crippen molar-refractivity contribution in [2.75, 3.05) is 7.05 Å². The van der Waals surface area contributed by atoms with Gasteiger partial charge >= 0.3 is 0 Å². The van der Waals surface area contributed by atoms with Gasteiger partial charge in [-0.05, 0) is 13.3 Å². The predicted octanol–water partition coefficient (Wildman–Crippen LogP) is 2.66. The van der Waals surface area contributed by atoms with E-state index >= 15 is 0 Å². The van der Waals surface area contributed by atoms with Crippen LogP contribution in [0.2, 0.25) is 0 Å². The predicted molar refractivity (Wildman–Crippen MR) is 61.0 cm³/mol. The zero-order valence-corrected chi connectivity index (χ0v) is 9.82. The molecule has 0 saturated heterocycles. The number of amidine groups is 1. The number of nitrogens with one attached hydrogen (secondary N) is 1. The highest BCUT2D eigenvalue weighted by molar-refractivity contribution is 7.09. The van der Waals surface area contributed by atoms with E-state index in [9.17, 15) is 0 Å². The normalized spacial score (nSPS) is 10.2. The number of aryl methyl sites for hydroxylation is 1. The molecule has 0 aliphatic rings. The Morgan fingerprint density at radius 2 is 2.36 bits per heavy atom. The summed E-state index contributed by atoms with van der Waals surface area (Å²) in [7, 11) is 1.97. The van der Waals surface area contributed by atoms with Gasteiger partial charge in [-0.15, -0.1) is 11.3 Å². The van der Waals surface area contributed by atoms with Crippen molar-refractivity contribution in [3.05, 3.63) is 16.1 Å². The standard InChI is InChI=1S/C10H17N3S/c1-4-5-10(11)13(3)6-9-8(2)12-7-14-9/h7,11H,4-6H2,1-3H3. The maximum Gasteiger partial charge on any atom is 0.0958 e. The van der Waals surface area contributed by atoms with Crippen LogP contribution in [-0.4, -0.2) is 22.8 Å². The monoisotopic (exact) mass is 211 g/mol. The highest BCUT2D eigenvalue weighted by Gasteiger charge is 2.07. The highest BCUT2D eigenvalue weighted by Crippen LogP contribution is 2.14. The molecular formula is C10H17N3S. The van der Waals surface area contributed by atoms with Crippen LogP contribution < -0.4 is 0 Å². The molecule has 1 heterocycles. The zero-order chi connectivity index (χ0) is 10.6. The van der Waals surface area contributed by atoms with Crippen LogP contribution in [0.3, 0.4) is 0 Å². The summed E-state index contributed by atoms with van der Waals surface area (Å²) in [5.41, 5.74) is 2.95. The van der Waals surface area contributed by atoms with E-state index in [-0.39, 0.29) is 0 Å². The van der Waals surface area contributed by atoms with Crippen LogP contribution in [0.5, 0.6) is 0 Å². The van der Waals surface area contributed by atoms with E-state index in [0.29, 0.717) is 5.84 Å². The van der Waals surface area contributed by atoms with Gasteiger partial charge < -0.3 is 4.90 Å². The Morgan fingerprint density at radius 3 is 2.86 bits per heavy atom. The van der Waals surface area contributed by atoms with Gasteiger partial charge in [0.15, 0.2) is 0 Å². The van der Waals surface area contributed by atoms with Crippen LogP contribution in [-0.2, 0) is 6.54 Å². The first-order valence-electron chi connectivity index (χ1n) is 4.82. The van der Waals surface area contributed by atoms with Crippen molar-refractivity contribution in [3.63, 3.8) is 0 Å². The summed E-state index contributed by atoms with van der Waals surface area (Å²) in [5.74, 6) is 0.709. The Hall–Kier alpha value is -0.900. The van der Waals surface area contributed by atoms with Crippen molar-refractivity contribution in [2.24, 2.45) is 0 Å².